The van der Waals surface area contributed by atoms with Crippen LogP contribution in [0.5, 0.6) is 0 Å². The number of aliphatic hydroxyl groups excluding tert-OH is 1. The Morgan fingerprint density at radius 3 is 3.00 bits per heavy atom. The van der Waals surface area contributed by atoms with Crippen LogP contribution >= 0.6 is 11.3 Å². The van der Waals surface area contributed by atoms with Crippen molar-refractivity contribution in [2.75, 3.05) is 11.4 Å². The van der Waals surface area contributed by atoms with E-state index < -0.39 is 11.0 Å². The SMILES string of the molecule is N#Cc1ccc(N2CCCC2CC(O)c2cccs2)c([N+](=O)[O-])c1. The number of hydrogen-bond acceptors (Lipinski definition) is 6. The Morgan fingerprint density at radius 2 is 2.33 bits per heavy atom. The summed E-state index contributed by atoms with van der Waals surface area (Å²) < 4.78 is 0. The molecule has 124 valence electrons. The average molecular weight is 343 g/mol. The summed E-state index contributed by atoms with van der Waals surface area (Å²) in [5, 5.41) is 32.7. The molecule has 0 radical (unpaired) electrons. The van der Waals surface area contributed by atoms with Gasteiger partial charge in [-0.15, -0.1) is 11.3 Å². The highest BCUT2D eigenvalue weighted by Crippen LogP contribution is 2.37. The molecule has 24 heavy (non-hydrogen) atoms. The Kier molecular flexibility index (Phi) is 4.79. The number of benzene rings is 1. The molecule has 0 saturated carbocycles. The number of nitro benzene ring substituents is 1. The Bertz CT molecular complexity index is 770. The van der Waals surface area contributed by atoms with Gasteiger partial charge in [-0.1, -0.05) is 6.07 Å². The van der Waals surface area contributed by atoms with Crippen LogP contribution in [0.15, 0.2) is 35.7 Å². The summed E-state index contributed by atoms with van der Waals surface area (Å²) in [5.41, 5.74) is 0.756. The van der Waals surface area contributed by atoms with Crippen molar-refractivity contribution in [3.8, 4) is 6.07 Å². The molecule has 2 aromatic rings. The van der Waals surface area contributed by atoms with Crippen molar-refractivity contribution in [1.82, 2.24) is 0 Å². The van der Waals surface area contributed by atoms with Gasteiger partial charge in [0.2, 0.25) is 0 Å². The van der Waals surface area contributed by atoms with Crippen molar-refractivity contribution in [2.24, 2.45) is 0 Å². The summed E-state index contributed by atoms with van der Waals surface area (Å²) in [6.45, 7) is 0.717. The van der Waals surface area contributed by atoms with Gasteiger partial charge in [0.15, 0.2) is 0 Å². The molecule has 1 fully saturated rings. The first-order chi connectivity index (χ1) is 11.6. The maximum absolute atomic E-state index is 11.4. The molecule has 1 aliphatic rings. The molecule has 7 heteroatoms. The van der Waals surface area contributed by atoms with E-state index in [2.05, 4.69) is 0 Å². The molecule has 1 saturated heterocycles. The van der Waals surface area contributed by atoms with Gasteiger partial charge in [0.25, 0.3) is 5.69 Å². The molecule has 0 spiro atoms. The van der Waals surface area contributed by atoms with Gasteiger partial charge < -0.3 is 10.0 Å². The van der Waals surface area contributed by atoms with Gasteiger partial charge in [-0.2, -0.15) is 5.26 Å². The molecule has 3 rings (SSSR count). The maximum Gasteiger partial charge on any atom is 0.293 e. The van der Waals surface area contributed by atoms with Gasteiger partial charge in [0, 0.05) is 23.5 Å². The fourth-order valence-electron chi connectivity index (χ4n) is 3.23. The van der Waals surface area contributed by atoms with Crippen molar-refractivity contribution >= 4 is 22.7 Å². The molecule has 1 N–H and O–H groups in total. The molecule has 2 heterocycles. The van der Waals surface area contributed by atoms with Crippen LogP contribution in [0.1, 0.15) is 35.8 Å². The normalized spacial score (nSPS) is 18.3. The average Bonchev–Trinajstić information content (AvgIpc) is 3.25. The van der Waals surface area contributed by atoms with Crippen molar-refractivity contribution in [1.29, 1.82) is 5.26 Å². The van der Waals surface area contributed by atoms with E-state index in [4.69, 9.17) is 5.26 Å². The van der Waals surface area contributed by atoms with Crippen molar-refractivity contribution in [3.63, 3.8) is 0 Å². The molecule has 0 bridgehead atoms. The van der Waals surface area contributed by atoms with E-state index in [-0.39, 0.29) is 17.3 Å². The zero-order valence-corrected chi connectivity index (χ0v) is 13.8. The smallest absolute Gasteiger partial charge is 0.293 e. The van der Waals surface area contributed by atoms with Gasteiger partial charge in [-0.05, 0) is 42.8 Å². The summed E-state index contributed by atoms with van der Waals surface area (Å²) in [7, 11) is 0. The third-order valence-corrected chi connectivity index (χ3v) is 5.33. The van der Waals surface area contributed by atoms with Crippen LogP contribution < -0.4 is 4.90 Å². The summed E-state index contributed by atoms with van der Waals surface area (Å²) >= 11 is 1.51. The monoisotopic (exact) mass is 343 g/mol. The number of anilines is 1. The van der Waals surface area contributed by atoms with Gasteiger partial charge in [-0.25, -0.2) is 0 Å². The number of nitriles is 1. The summed E-state index contributed by atoms with van der Waals surface area (Å²) in [6, 6.07) is 10.4. The number of nitro groups is 1. The van der Waals surface area contributed by atoms with Gasteiger partial charge in [0.05, 0.1) is 22.7 Å². The van der Waals surface area contributed by atoms with E-state index in [0.29, 0.717) is 18.7 Å². The molecule has 2 unspecified atom stereocenters. The lowest BCUT2D eigenvalue weighted by atomic mass is 10.0. The van der Waals surface area contributed by atoms with E-state index in [1.54, 1.807) is 12.1 Å². The molecular weight excluding hydrogens is 326 g/mol. The molecule has 6 nitrogen and oxygen atoms in total. The first-order valence-electron chi connectivity index (χ1n) is 7.77. The molecule has 2 atom stereocenters. The summed E-state index contributed by atoms with van der Waals surface area (Å²) in [4.78, 5) is 13.9. The first kappa shape index (κ1) is 16.4. The molecule has 1 aromatic carbocycles. The van der Waals surface area contributed by atoms with E-state index >= 15 is 0 Å². The number of hydrogen-bond donors (Lipinski definition) is 1. The van der Waals surface area contributed by atoms with E-state index in [1.165, 1.54) is 17.4 Å². The fourth-order valence-corrected chi connectivity index (χ4v) is 3.96. The quantitative estimate of drug-likeness (QED) is 0.661. The van der Waals surface area contributed by atoms with Crippen molar-refractivity contribution in [2.45, 2.75) is 31.4 Å². The Balaban J connectivity index is 1.85. The predicted octanol–water partition coefficient (Wildman–Crippen LogP) is 3.62. The van der Waals surface area contributed by atoms with Crippen LogP contribution in [0, 0.1) is 21.4 Å². The van der Waals surface area contributed by atoms with E-state index in [0.717, 1.165) is 17.7 Å². The Morgan fingerprint density at radius 1 is 1.50 bits per heavy atom. The van der Waals surface area contributed by atoms with Crippen molar-refractivity contribution in [3.05, 3.63) is 56.3 Å². The van der Waals surface area contributed by atoms with Gasteiger partial charge in [-0.3, -0.25) is 10.1 Å². The highest BCUT2D eigenvalue weighted by Gasteiger charge is 2.31. The highest BCUT2D eigenvalue weighted by atomic mass is 32.1. The highest BCUT2D eigenvalue weighted by molar-refractivity contribution is 7.10. The minimum Gasteiger partial charge on any atom is -0.387 e. The van der Waals surface area contributed by atoms with E-state index in [9.17, 15) is 15.2 Å². The lowest BCUT2D eigenvalue weighted by Crippen LogP contribution is -2.31. The third kappa shape index (κ3) is 3.25. The van der Waals surface area contributed by atoms with Crippen LogP contribution in [0.25, 0.3) is 0 Å². The van der Waals surface area contributed by atoms with Crippen LogP contribution in [-0.4, -0.2) is 22.6 Å². The molecular formula is C17H17N3O3S. The zero-order valence-electron chi connectivity index (χ0n) is 13.0. The number of nitrogens with zero attached hydrogens (tertiary/aromatic N) is 3. The van der Waals surface area contributed by atoms with Crippen LogP contribution in [-0.2, 0) is 0 Å². The minimum absolute atomic E-state index is 0.0495. The Labute approximate surface area is 143 Å². The Hall–Kier alpha value is -2.43. The van der Waals surface area contributed by atoms with E-state index in [1.807, 2.05) is 28.5 Å². The molecule has 1 aromatic heterocycles. The second kappa shape index (κ2) is 6.99. The minimum atomic E-state index is -0.562. The third-order valence-electron chi connectivity index (χ3n) is 4.35. The second-order valence-corrected chi connectivity index (χ2v) is 6.81. The van der Waals surface area contributed by atoms with Gasteiger partial charge >= 0.3 is 0 Å². The molecule has 1 aliphatic heterocycles. The molecule has 0 amide bonds. The van der Waals surface area contributed by atoms with Crippen LogP contribution in [0.2, 0.25) is 0 Å². The zero-order chi connectivity index (χ0) is 17.1. The summed E-state index contributed by atoms with van der Waals surface area (Å²) in [6.07, 6.45) is 1.80. The predicted molar refractivity (Wildman–Crippen MR) is 92.1 cm³/mol. The van der Waals surface area contributed by atoms with Crippen LogP contribution in [0.3, 0.4) is 0 Å². The lowest BCUT2D eigenvalue weighted by molar-refractivity contribution is -0.384. The lowest BCUT2D eigenvalue weighted by Gasteiger charge is -2.28. The first-order valence-corrected chi connectivity index (χ1v) is 8.64. The van der Waals surface area contributed by atoms with Crippen LogP contribution in [0.4, 0.5) is 11.4 Å². The molecule has 0 aliphatic carbocycles. The summed E-state index contributed by atoms with van der Waals surface area (Å²) in [5.74, 6) is 0. The largest absolute Gasteiger partial charge is 0.387 e. The number of aliphatic hydroxyl groups is 1. The standard InChI is InChI=1S/C17H17N3O3S/c18-11-12-5-6-14(15(9-12)20(22)23)19-7-1-3-13(19)10-16(21)17-4-2-8-24-17/h2,4-6,8-9,13,16,21H,1,3,7,10H2. The number of thiophene rings is 1. The second-order valence-electron chi connectivity index (χ2n) is 5.83. The topological polar surface area (TPSA) is 90.4 Å². The number of rotatable bonds is 5. The maximum atomic E-state index is 11.4. The van der Waals surface area contributed by atoms with Crippen molar-refractivity contribution < 1.29 is 10.0 Å². The fraction of sp³-hybridized carbons (Fsp3) is 0.353. The van der Waals surface area contributed by atoms with Gasteiger partial charge in [0.1, 0.15) is 5.69 Å².